The second kappa shape index (κ2) is 6.51. The third-order valence-corrected chi connectivity index (χ3v) is 5.49. The molecule has 7 heteroatoms. The first-order valence-corrected chi connectivity index (χ1v) is 9.23. The van der Waals surface area contributed by atoms with Crippen molar-refractivity contribution in [2.24, 2.45) is 12.8 Å². The van der Waals surface area contributed by atoms with E-state index in [0.717, 1.165) is 53.9 Å². The van der Waals surface area contributed by atoms with Gasteiger partial charge in [0.05, 0.1) is 46.7 Å². The molecular weight excluding hydrogens is 340 g/mol. The van der Waals surface area contributed by atoms with E-state index in [2.05, 4.69) is 16.8 Å². The summed E-state index contributed by atoms with van der Waals surface area (Å²) < 4.78 is 1.98. The topological polar surface area (TPSA) is 106 Å². The van der Waals surface area contributed by atoms with E-state index in [1.165, 1.54) is 0 Å². The van der Waals surface area contributed by atoms with Gasteiger partial charge in [0, 0.05) is 31.2 Å². The van der Waals surface area contributed by atoms with E-state index in [1.54, 1.807) is 6.33 Å². The van der Waals surface area contributed by atoms with E-state index < -0.39 is 0 Å². The summed E-state index contributed by atoms with van der Waals surface area (Å²) in [7, 11) is 1.97. The predicted octanol–water partition coefficient (Wildman–Crippen LogP) is 2.03. The zero-order valence-corrected chi connectivity index (χ0v) is 15.8. The molecule has 0 spiro atoms. The lowest BCUT2D eigenvalue weighted by Gasteiger charge is -2.39. The summed E-state index contributed by atoms with van der Waals surface area (Å²) in [5, 5.41) is 9.94. The minimum Gasteiger partial charge on any atom is -0.397 e. The normalized spacial score (nSPS) is 16.8. The molecule has 2 aromatic heterocycles. The van der Waals surface area contributed by atoms with Gasteiger partial charge in [0.1, 0.15) is 0 Å². The number of hydrogen-bond acceptors (Lipinski definition) is 6. The number of aryl methyl sites for hydroxylation is 1. The van der Waals surface area contributed by atoms with E-state index in [-0.39, 0.29) is 12.1 Å². The number of hydrogen-bond donors (Lipinski definition) is 3. The van der Waals surface area contributed by atoms with Gasteiger partial charge < -0.3 is 26.0 Å². The van der Waals surface area contributed by atoms with Crippen LogP contribution < -0.4 is 16.4 Å². The molecule has 5 N–H and O–H groups in total. The summed E-state index contributed by atoms with van der Waals surface area (Å²) in [6.07, 6.45) is 3.56. The average Bonchev–Trinajstić information content (AvgIpc) is 3.02. The van der Waals surface area contributed by atoms with E-state index in [1.807, 2.05) is 35.9 Å². The first kappa shape index (κ1) is 17.8. The predicted molar refractivity (Wildman–Crippen MR) is 108 cm³/mol. The van der Waals surface area contributed by atoms with Crippen LogP contribution in [0.1, 0.15) is 25.5 Å². The van der Waals surface area contributed by atoms with Crippen LogP contribution in [-0.2, 0) is 13.7 Å². The molecule has 0 unspecified atom stereocenters. The first-order chi connectivity index (χ1) is 12.9. The SMILES string of the molecule is Cn1cnc2cc(-c3cc(N)c(N4CCC(C)(N)CC4)c(CO)n3)ccc21. The summed E-state index contributed by atoms with van der Waals surface area (Å²) in [4.78, 5) is 11.3. The molecule has 1 aromatic carbocycles. The summed E-state index contributed by atoms with van der Waals surface area (Å²) in [6, 6.07) is 7.91. The number of aliphatic hydroxyl groups is 1. The molecule has 0 amide bonds. The maximum Gasteiger partial charge on any atom is 0.0955 e. The number of aliphatic hydroxyl groups excluding tert-OH is 1. The van der Waals surface area contributed by atoms with Crippen molar-refractivity contribution in [3.05, 3.63) is 36.3 Å². The molecule has 4 rings (SSSR count). The van der Waals surface area contributed by atoms with Crippen LogP contribution in [0.3, 0.4) is 0 Å². The first-order valence-electron chi connectivity index (χ1n) is 9.23. The van der Waals surface area contributed by atoms with Gasteiger partial charge in [0.25, 0.3) is 0 Å². The van der Waals surface area contributed by atoms with Crippen molar-refractivity contribution in [1.29, 1.82) is 0 Å². The minimum atomic E-state index is -0.157. The van der Waals surface area contributed by atoms with Crippen LogP contribution in [0.25, 0.3) is 22.3 Å². The molecule has 1 aliphatic rings. The van der Waals surface area contributed by atoms with Gasteiger partial charge in [-0.2, -0.15) is 0 Å². The summed E-state index contributed by atoms with van der Waals surface area (Å²) in [5.41, 5.74) is 18.2. The summed E-state index contributed by atoms with van der Waals surface area (Å²) in [6.45, 7) is 3.54. The second-order valence-electron chi connectivity index (χ2n) is 7.75. The molecule has 0 bridgehead atoms. The number of fused-ring (bicyclic) bond motifs is 1. The van der Waals surface area contributed by atoms with Crippen molar-refractivity contribution in [2.45, 2.75) is 31.9 Å². The molecular formula is C20H26N6O. The fraction of sp³-hybridized carbons (Fsp3) is 0.400. The van der Waals surface area contributed by atoms with E-state index in [4.69, 9.17) is 16.5 Å². The van der Waals surface area contributed by atoms with Crippen LogP contribution in [0.2, 0.25) is 0 Å². The molecule has 27 heavy (non-hydrogen) atoms. The van der Waals surface area contributed by atoms with Gasteiger partial charge in [-0.25, -0.2) is 9.97 Å². The van der Waals surface area contributed by atoms with E-state index >= 15 is 0 Å². The lowest BCUT2D eigenvalue weighted by Crippen LogP contribution is -2.48. The van der Waals surface area contributed by atoms with Crippen LogP contribution in [0, 0.1) is 0 Å². The molecule has 7 nitrogen and oxygen atoms in total. The van der Waals surface area contributed by atoms with Crippen molar-refractivity contribution in [2.75, 3.05) is 23.7 Å². The van der Waals surface area contributed by atoms with Crippen LogP contribution in [-0.4, -0.2) is 38.3 Å². The number of benzene rings is 1. The lowest BCUT2D eigenvalue weighted by atomic mass is 9.90. The summed E-state index contributed by atoms with van der Waals surface area (Å²) in [5.74, 6) is 0. The van der Waals surface area contributed by atoms with Gasteiger partial charge in [0.15, 0.2) is 0 Å². The Bertz CT molecular complexity index is 984. The monoisotopic (exact) mass is 366 g/mol. The number of rotatable bonds is 3. The molecule has 3 heterocycles. The van der Waals surface area contributed by atoms with Crippen molar-refractivity contribution < 1.29 is 5.11 Å². The zero-order chi connectivity index (χ0) is 19.2. The standard InChI is InChI=1S/C20H26N6O/c1-20(22)5-7-26(8-6-20)19-14(21)10-15(24-17(19)11-27)13-3-4-18-16(9-13)23-12-25(18)2/h3-4,9-10,12,27H,5-8,11,22H2,1-2H3,(H2,21,24). The highest BCUT2D eigenvalue weighted by atomic mass is 16.3. The minimum absolute atomic E-state index is 0.143. The Morgan fingerprint density at radius 3 is 2.67 bits per heavy atom. The third kappa shape index (κ3) is 3.24. The van der Waals surface area contributed by atoms with Crippen LogP contribution in [0.15, 0.2) is 30.6 Å². The van der Waals surface area contributed by atoms with Crippen molar-refractivity contribution in [3.63, 3.8) is 0 Å². The van der Waals surface area contributed by atoms with Gasteiger partial charge >= 0.3 is 0 Å². The van der Waals surface area contributed by atoms with Crippen LogP contribution in [0.4, 0.5) is 11.4 Å². The van der Waals surface area contributed by atoms with E-state index in [9.17, 15) is 5.11 Å². The molecule has 1 aliphatic heterocycles. The number of nitrogen functional groups attached to an aromatic ring is 1. The number of aromatic nitrogens is 3. The molecule has 0 radical (unpaired) electrons. The van der Waals surface area contributed by atoms with Crippen molar-refractivity contribution in [1.82, 2.24) is 14.5 Å². The maximum atomic E-state index is 9.94. The lowest BCUT2D eigenvalue weighted by molar-refractivity contribution is 0.276. The Kier molecular flexibility index (Phi) is 4.28. The smallest absolute Gasteiger partial charge is 0.0955 e. The highest BCUT2D eigenvalue weighted by Crippen LogP contribution is 2.34. The fourth-order valence-electron chi connectivity index (χ4n) is 3.77. The number of anilines is 2. The van der Waals surface area contributed by atoms with Gasteiger partial charge in [-0.15, -0.1) is 0 Å². The molecule has 1 fully saturated rings. The summed E-state index contributed by atoms with van der Waals surface area (Å²) >= 11 is 0. The average molecular weight is 366 g/mol. The number of piperidine rings is 1. The largest absolute Gasteiger partial charge is 0.397 e. The number of nitrogens with two attached hydrogens (primary N) is 2. The number of imidazole rings is 1. The Morgan fingerprint density at radius 2 is 1.96 bits per heavy atom. The third-order valence-electron chi connectivity index (χ3n) is 5.49. The Balaban J connectivity index is 1.72. The Labute approximate surface area is 158 Å². The maximum absolute atomic E-state index is 9.94. The quantitative estimate of drug-likeness (QED) is 0.655. The Morgan fingerprint density at radius 1 is 1.22 bits per heavy atom. The van der Waals surface area contributed by atoms with Crippen LogP contribution in [0.5, 0.6) is 0 Å². The molecule has 1 saturated heterocycles. The van der Waals surface area contributed by atoms with Crippen molar-refractivity contribution >= 4 is 22.4 Å². The molecule has 142 valence electrons. The molecule has 0 atom stereocenters. The second-order valence-corrected chi connectivity index (χ2v) is 7.75. The number of pyridine rings is 1. The van der Waals surface area contributed by atoms with Gasteiger partial charge in [0.2, 0.25) is 0 Å². The van der Waals surface area contributed by atoms with Crippen molar-refractivity contribution in [3.8, 4) is 11.3 Å². The van der Waals surface area contributed by atoms with Gasteiger partial charge in [-0.05, 0) is 38.0 Å². The highest BCUT2D eigenvalue weighted by molar-refractivity contribution is 5.83. The molecule has 3 aromatic rings. The number of nitrogens with zero attached hydrogens (tertiary/aromatic N) is 4. The van der Waals surface area contributed by atoms with Crippen LogP contribution >= 0.6 is 0 Å². The Hall–Kier alpha value is -2.64. The van der Waals surface area contributed by atoms with Gasteiger partial charge in [-0.1, -0.05) is 6.07 Å². The highest BCUT2D eigenvalue weighted by Gasteiger charge is 2.28. The van der Waals surface area contributed by atoms with Gasteiger partial charge in [-0.3, -0.25) is 0 Å². The van der Waals surface area contributed by atoms with E-state index in [0.29, 0.717) is 11.4 Å². The molecule has 0 saturated carbocycles. The zero-order valence-electron chi connectivity index (χ0n) is 15.8. The fourth-order valence-corrected chi connectivity index (χ4v) is 3.77. The molecule has 0 aliphatic carbocycles.